The van der Waals surface area contributed by atoms with E-state index >= 15 is 0 Å². The van der Waals surface area contributed by atoms with E-state index in [2.05, 4.69) is 0 Å². The highest BCUT2D eigenvalue weighted by Crippen LogP contribution is 2.26. The smallest absolute Gasteiger partial charge is 0.141 e. The molecule has 2 rings (SSSR count). The Morgan fingerprint density at radius 2 is 1.72 bits per heavy atom. The first-order chi connectivity index (χ1) is 8.58. The fourth-order valence-electron chi connectivity index (χ4n) is 2.17. The number of rotatable bonds is 3. The quantitative estimate of drug-likeness (QED) is 0.798. The first kappa shape index (κ1) is 12.5. The Bertz CT molecular complexity index is 558. The third kappa shape index (κ3) is 2.65. The van der Waals surface area contributed by atoms with Gasteiger partial charge in [0.25, 0.3) is 0 Å². The molecule has 0 spiro atoms. The summed E-state index contributed by atoms with van der Waals surface area (Å²) in [6.45, 7) is 3.56. The molecule has 1 unspecified atom stereocenters. The van der Waals surface area contributed by atoms with Gasteiger partial charge in [-0.25, -0.2) is 4.39 Å². The minimum atomic E-state index is -0.314. The van der Waals surface area contributed by atoms with E-state index in [9.17, 15) is 9.18 Å². The molecule has 0 radical (unpaired) electrons. The second-order valence-electron chi connectivity index (χ2n) is 4.51. The molecule has 0 saturated carbocycles. The molecule has 2 aromatic rings. The number of halogens is 1. The van der Waals surface area contributed by atoms with E-state index in [1.165, 1.54) is 12.1 Å². The average molecular weight is 242 g/mol. The van der Waals surface area contributed by atoms with E-state index in [4.69, 9.17) is 0 Å². The molecule has 92 valence electrons. The molecule has 0 saturated heterocycles. The number of Topliss-reactive ketones (excluding diaryl/α,β-unsaturated/α-hetero) is 1. The number of carbonyl (C=O) groups excluding carboxylic acids is 1. The van der Waals surface area contributed by atoms with Crippen LogP contribution in [0.15, 0.2) is 48.5 Å². The minimum Gasteiger partial charge on any atom is -0.299 e. The van der Waals surface area contributed by atoms with Gasteiger partial charge >= 0.3 is 0 Å². The zero-order chi connectivity index (χ0) is 13.1. The van der Waals surface area contributed by atoms with Crippen LogP contribution in [0.1, 0.15) is 29.5 Å². The summed E-state index contributed by atoms with van der Waals surface area (Å²) in [5.41, 5.74) is 2.89. The summed E-state index contributed by atoms with van der Waals surface area (Å²) in [7, 11) is 0. The van der Waals surface area contributed by atoms with Crippen LogP contribution in [0.3, 0.4) is 0 Å². The summed E-state index contributed by atoms with van der Waals surface area (Å²) in [6, 6.07) is 14.0. The molecule has 0 heterocycles. The molecule has 0 aliphatic carbocycles. The predicted molar refractivity (Wildman–Crippen MR) is 70.1 cm³/mol. The van der Waals surface area contributed by atoms with E-state index in [1.807, 2.05) is 31.2 Å². The first-order valence-electron chi connectivity index (χ1n) is 5.90. The van der Waals surface area contributed by atoms with Crippen LogP contribution in [0.4, 0.5) is 4.39 Å². The number of aryl methyl sites for hydroxylation is 1. The summed E-state index contributed by atoms with van der Waals surface area (Å²) in [5, 5.41) is 0. The second kappa shape index (κ2) is 5.13. The van der Waals surface area contributed by atoms with Gasteiger partial charge in [-0.05, 0) is 37.1 Å². The highest BCUT2D eigenvalue weighted by Gasteiger charge is 2.18. The fourth-order valence-corrected chi connectivity index (χ4v) is 2.17. The van der Waals surface area contributed by atoms with Crippen molar-refractivity contribution in [2.45, 2.75) is 19.8 Å². The highest BCUT2D eigenvalue weighted by atomic mass is 19.1. The molecule has 0 N–H and O–H groups in total. The van der Waals surface area contributed by atoms with E-state index < -0.39 is 0 Å². The van der Waals surface area contributed by atoms with Gasteiger partial charge in [0.2, 0.25) is 0 Å². The molecule has 18 heavy (non-hydrogen) atoms. The van der Waals surface area contributed by atoms with Crippen LogP contribution in [0.5, 0.6) is 0 Å². The lowest BCUT2D eigenvalue weighted by atomic mass is 9.87. The molecule has 0 aliphatic heterocycles. The monoisotopic (exact) mass is 242 g/mol. The maximum atomic E-state index is 12.9. The van der Waals surface area contributed by atoms with E-state index in [1.54, 1.807) is 19.1 Å². The first-order valence-corrected chi connectivity index (χ1v) is 5.90. The van der Waals surface area contributed by atoms with Crippen molar-refractivity contribution in [3.05, 3.63) is 71.0 Å². The Labute approximate surface area is 106 Å². The molecular formula is C16H15FO. The normalized spacial score (nSPS) is 12.2. The molecule has 0 aromatic heterocycles. The fraction of sp³-hybridized carbons (Fsp3) is 0.188. The van der Waals surface area contributed by atoms with Crippen LogP contribution in [-0.4, -0.2) is 5.78 Å². The molecule has 2 aromatic carbocycles. The molecule has 0 fully saturated rings. The summed E-state index contributed by atoms with van der Waals surface area (Å²) in [6.07, 6.45) is 0. The van der Waals surface area contributed by atoms with Crippen LogP contribution < -0.4 is 0 Å². The lowest BCUT2D eigenvalue weighted by Crippen LogP contribution is -2.10. The second-order valence-corrected chi connectivity index (χ2v) is 4.51. The highest BCUT2D eigenvalue weighted by molar-refractivity contribution is 5.86. The summed E-state index contributed by atoms with van der Waals surface area (Å²) < 4.78 is 12.9. The van der Waals surface area contributed by atoms with Crippen molar-refractivity contribution < 1.29 is 9.18 Å². The molecule has 0 bridgehead atoms. The van der Waals surface area contributed by atoms with Crippen molar-refractivity contribution in [3.8, 4) is 0 Å². The Kier molecular flexibility index (Phi) is 3.56. The molecule has 0 amide bonds. The number of ketones is 1. The van der Waals surface area contributed by atoms with Gasteiger partial charge in [0.1, 0.15) is 11.6 Å². The van der Waals surface area contributed by atoms with Gasteiger partial charge in [-0.3, -0.25) is 4.79 Å². The maximum absolute atomic E-state index is 12.9. The number of hydrogen-bond donors (Lipinski definition) is 0. The third-order valence-electron chi connectivity index (χ3n) is 2.99. The predicted octanol–water partition coefficient (Wildman–Crippen LogP) is 3.86. The van der Waals surface area contributed by atoms with Crippen molar-refractivity contribution in [1.82, 2.24) is 0 Å². The van der Waals surface area contributed by atoms with Gasteiger partial charge in [-0.15, -0.1) is 0 Å². The molecule has 1 nitrogen and oxygen atoms in total. The lowest BCUT2D eigenvalue weighted by Gasteiger charge is -2.15. The van der Waals surface area contributed by atoms with E-state index in [0.29, 0.717) is 0 Å². The van der Waals surface area contributed by atoms with Crippen molar-refractivity contribution in [3.63, 3.8) is 0 Å². The maximum Gasteiger partial charge on any atom is 0.141 e. The van der Waals surface area contributed by atoms with Crippen molar-refractivity contribution in [2.24, 2.45) is 0 Å². The summed E-state index contributed by atoms with van der Waals surface area (Å²) >= 11 is 0. The molecular weight excluding hydrogens is 227 g/mol. The number of hydrogen-bond acceptors (Lipinski definition) is 1. The van der Waals surface area contributed by atoms with Crippen LogP contribution >= 0.6 is 0 Å². The Morgan fingerprint density at radius 1 is 1.06 bits per heavy atom. The number of benzene rings is 2. The van der Waals surface area contributed by atoms with Crippen molar-refractivity contribution in [2.75, 3.05) is 0 Å². The average Bonchev–Trinajstić information content (AvgIpc) is 2.32. The Balaban J connectivity index is 2.46. The van der Waals surface area contributed by atoms with Crippen molar-refractivity contribution >= 4 is 5.78 Å². The minimum absolute atomic E-state index is 0.0622. The van der Waals surface area contributed by atoms with Gasteiger partial charge in [0.05, 0.1) is 5.92 Å². The Hall–Kier alpha value is -1.96. The molecule has 2 heteroatoms. The van der Waals surface area contributed by atoms with Gasteiger partial charge in [0, 0.05) is 0 Å². The van der Waals surface area contributed by atoms with Gasteiger partial charge < -0.3 is 0 Å². The van der Waals surface area contributed by atoms with E-state index in [0.717, 1.165) is 16.7 Å². The zero-order valence-corrected chi connectivity index (χ0v) is 10.5. The van der Waals surface area contributed by atoms with Gasteiger partial charge in [-0.2, -0.15) is 0 Å². The molecule has 1 atom stereocenters. The topological polar surface area (TPSA) is 17.1 Å². The van der Waals surface area contributed by atoms with Crippen LogP contribution in [-0.2, 0) is 4.79 Å². The SMILES string of the molecule is CC(=O)C(c1ccc(F)cc1)c1cccc(C)c1. The number of carbonyl (C=O) groups is 1. The van der Waals surface area contributed by atoms with Gasteiger partial charge in [-0.1, -0.05) is 42.0 Å². The van der Waals surface area contributed by atoms with Gasteiger partial charge in [0.15, 0.2) is 0 Å². The lowest BCUT2D eigenvalue weighted by molar-refractivity contribution is -0.117. The third-order valence-corrected chi connectivity index (χ3v) is 2.99. The van der Waals surface area contributed by atoms with Crippen LogP contribution in [0, 0.1) is 12.7 Å². The molecule has 0 aliphatic rings. The zero-order valence-electron chi connectivity index (χ0n) is 10.5. The largest absolute Gasteiger partial charge is 0.299 e. The summed E-state index contributed by atoms with van der Waals surface area (Å²) in [5.74, 6) is -0.539. The van der Waals surface area contributed by atoms with E-state index in [-0.39, 0.29) is 17.5 Å². The van der Waals surface area contributed by atoms with Crippen LogP contribution in [0.25, 0.3) is 0 Å². The standard InChI is InChI=1S/C16H15FO/c1-11-4-3-5-14(10-11)16(12(2)18)13-6-8-15(17)9-7-13/h3-10,16H,1-2H3. The van der Waals surface area contributed by atoms with Crippen molar-refractivity contribution in [1.29, 1.82) is 0 Å². The van der Waals surface area contributed by atoms with Crippen LogP contribution in [0.2, 0.25) is 0 Å². The Morgan fingerprint density at radius 3 is 2.28 bits per heavy atom. The summed E-state index contributed by atoms with van der Waals surface area (Å²) in [4.78, 5) is 11.8.